The summed E-state index contributed by atoms with van der Waals surface area (Å²) in [6, 6.07) is 17.2. The summed E-state index contributed by atoms with van der Waals surface area (Å²) in [4.78, 5) is 12.0. The van der Waals surface area contributed by atoms with Gasteiger partial charge in [0, 0.05) is 4.47 Å². The highest BCUT2D eigenvalue weighted by Crippen LogP contribution is 2.34. The van der Waals surface area contributed by atoms with Crippen molar-refractivity contribution in [1.82, 2.24) is 0 Å². The lowest BCUT2D eigenvalue weighted by atomic mass is 10.1. The SMILES string of the molecule is CCc1ccc(OC(=O)COc2ccc3cc(Br)ccc3c2Br)cc1. The molecule has 0 unspecified atom stereocenters. The average molecular weight is 464 g/mol. The first-order valence-electron chi connectivity index (χ1n) is 7.87. The first-order valence-corrected chi connectivity index (χ1v) is 9.45. The van der Waals surface area contributed by atoms with Gasteiger partial charge in [0.25, 0.3) is 0 Å². The fourth-order valence-corrected chi connectivity index (χ4v) is 3.43. The molecule has 3 nitrogen and oxygen atoms in total. The highest BCUT2D eigenvalue weighted by molar-refractivity contribution is 9.11. The molecule has 0 spiro atoms. The third-order valence-corrected chi connectivity index (χ3v) is 5.10. The molecule has 3 aromatic rings. The van der Waals surface area contributed by atoms with E-state index in [1.165, 1.54) is 5.56 Å². The van der Waals surface area contributed by atoms with Gasteiger partial charge in [-0.3, -0.25) is 0 Å². The minimum absolute atomic E-state index is 0.157. The van der Waals surface area contributed by atoms with Crippen LogP contribution in [0.4, 0.5) is 0 Å². The second kappa shape index (κ2) is 8.02. The maximum Gasteiger partial charge on any atom is 0.349 e. The number of rotatable bonds is 5. The standard InChI is InChI=1S/C20H16Br2O3/c1-2-13-3-7-16(8-4-13)25-19(23)12-24-18-10-5-14-11-15(21)6-9-17(14)20(18)22/h3-11H,2,12H2,1H3. The van der Waals surface area contributed by atoms with Gasteiger partial charge in [-0.05, 0) is 69.0 Å². The van der Waals surface area contributed by atoms with Crippen molar-refractivity contribution >= 4 is 48.6 Å². The van der Waals surface area contributed by atoms with Crippen molar-refractivity contribution in [1.29, 1.82) is 0 Å². The summed E-state index contributed by atoms with van der Waals surface area (Å²) in [5.41, 5.74) is 1.20. The van der Waals surface area contributed by atoms with E-state index < -0.39 is 5.97 Å². The monoisotopic (exact) mass is 462 g/mol. The molecule has 3 rings (SSSR count). The third-order valence-electron chi connectivity index (χ3n) is 3.79. The molecule has 0 aliphatic rings. The molecule has 25 heavy (non-hydrogen) atoms. The number of benzene rings is 3. The molecule has 5 heteroatoms. The maximum absolute atomic E-state index is 12.0. The van der Waals surface area contributed by atoms with E-state index in [2.05, 4.69) is 38.8 Å². The van der Waals surface area contributed by atoms with E-state index in [4.69, 9.17) is 9.47 Å². The molecule has 0 aliphatic heterocycles. The normalized spacial score (nSPS) is 10.7. The van der Waals surface area contributed by atoms with Crippen molar-refractivity contribution in [2.45, 2.75) is 13.3 Å². The van der Waals surface area contributed by atoms with Gasteiger partial charge in [0.2, 0.25) is 0 Å². The zero-order valence-electron chi connectivity index (χ0n) is 13.6. The molecule has 128 valence electrons. The minimum atomic E-state index is -0.438. The zero-order chi connectivity index (χ0) is 17.8. The van der Waals surface area contributed by atoms with E-state index in [-0.39, 0.29) is 6.61 Å². The van der Waals surface area contributed by atoms with Gasteiger partial charge in [0.05, 0.1) is 4.47 Å². The molecule has 0 heterocycles. The Morgan fingerprint density at radius 2 is 1.76 bits per heavy atom. The van der Waals surface area contributed by atoms with Crippen LogP contribution in [0.25, 0.3) is 10.8 Å². The van der Waals surface area contributed by atoms with Crippen LogP contribution in [0.3, 0.4) is 0 Å². The smallest absolute Gasteiger partial charge is 0.349 e. The lowest BCUT2D eigenvalue weighted by Crippen LogP contribution is -2.17. The molecule has 0 saturated heterocycles. The highest BCUT2D eigenvalue weighted by atomic mass is 79.9. The lowest BCUT2D eigenvalue weighted by Gasteiger charge is -2.10. The number of fused-ring (bicyclic) bond motifs is 1. The number of aryl methyl sites for hydroxylation is 1. The van der Waals surface area contributed by atoms with Crippen molar-refractivity contribution in [3.63, 3.8) is 0 Å². The zero-order valence-corrected chi connectivity index (χ0v) is 16.8. The van der Waals surface area contributed by atoms with Crippen LogP contribution < -0.4 is 9.47 Å². The molecule has 0 aliphatic carbocycles. The first kappa shape index (κ1) is 18.0. The van der Waals surface area contributed by atoms with Crippen molar-refractivity contribution < 1.29 is 14.3 Å². The quantitative estimate of drug-likeness (QED) is 0.348. The molecule has 0 saturated carbocycles. The Morgan fingerprint density at radius 1 is 1.00 bits per heavy atom. The minimum Gasteiger partial charge on any atom is -0.481 e. The summed E-state index contributed by atoms with van der Waals surface area (Å²) in [5.74, 6) is 0.688. The molecule has 3 aromatic carbocycles. The number of carbonyl (C=O) groups excluding carboxylic acids is 1. The van der Waals surface area contributed by atoms with E-state index in [1.807, 2.05) is 42.5 Å². The molecule has 0 aromatic heterocycles. The van der Waals surface area contributed by atoms with Gasteiger partial charge in [-0.1, -0.05) is 47.1 Å². The molecule has 0 amide bonds. The molecule has 0 radical (unpaired) electrons. The number of ether oxygens (including phenoxy) is 2. The van der Waals surface area contributed by atoms with Gasteiger partial charge in [-0.15, -0.1) is 0 Å². The Balaban J connectivity index is 1.66. The Morgan fingerprint density at radius 3 is 2.48 bits per heavy atom. The van der Waals surface area contributed by atoms with Crippen LogP contribution in [0, 0.1) is 0 Å². The molecule has 0 fully saturated rings. The van der Waals surface area contributed by atoms with Crippen LogP contribution in [0.1, 0.15) is 12.5 Å². The molecule has 0 bridgehead atoms. The maximum atomic E-state index is 12.0. The summed E-state index contributed by atoms with van der Waals surface area (Å²) in [6.07, 6.45) is 0.948. The van der Waals surface area contributed by atoms with Crippen molar-refractivity contribution in [2.75, 3.05) is 6.61 Å². The second-order valence-electron chi connectivity index (χ2n) is 5.50. The predicted molar refractivity (Wildman–Crippen MR) is 106 cm³/mol. The number of hydrogen-bond acceptors (Lipinski definition) is 3. The lowest BCUT2D eigenvalue weighted by molar-refractivity contribution is -0.136. The second-order valence-corrected chi connectivity index (χ2v) is 7.21. The Kier molecular flexibility index (Phi) is 5.76. The van der Waals surface area contributed by atoms with Crippen molar-refractivity contribution in [3.8, 4) is 11.5 Å². The fraction of sp³-hybridized carbons (Fsp3) is 0.150. The van der Waals surface area contributed by atoms with Gasteiger partial charge in [0.15, 0.2) is 6.61 Å². The van der Waals surface area contributed by atoms with E-state index >= 15 is 0 Å². The Bertz CT molecular complexity index is 905. The first-order chi connectivity index (χ1) is 12.1. The Labute approximate surface area is 163 Å². The highest BCUT2D eigenvalue weighted by Gasteiger charge is 2.10. The molecule has 0 atom stereocenters. The number of halogens is 2. The molecular weight excluding hydrogens is 448 g/mol. The van der Waals surface area contributed by atoms with Gasteiger partial charge < -0.3 is 9.47 Å². The summed E-state index contributed by atoms with van der Waals surface area (Å²) >= 11 is 7.00. The van der Waals surface area contributed by atoms with E-state index in [0.29, 0.717) is 11.5 Å². The Hall–Kier alpha value is -1.85. The molecular formula is C20H16Br2O3. The van der Waals surface area contributed by atoms with Crippen molar-refractivity contribution in [3.05, 3.63) is 69.1 Å². The van der Waals surface area contributed by atoms with Gasteiger partial charge in [-0.25, -0.2) is 4.79 Å². The largest absolute Gasteiger partial charge is 0.481 e. The van der Waals surface area contributed by atoms with Crippen LogP contribution in [-0.4, -0.2) is 12.6 Å². The van der Waals surface area contributed by atoms with Gasteiger partial charge in [0.1, 0.15) is 11.5 Å². The van der Waals surface area contributed by atoms with E-state index in [0.717, 1.165) is 26.1 Å². The number of esters is 1. The summed E-state index contributed by atoms with van der Waals surface area (Å²) < 4.78 is 12.7. The van der Waals surface area contributed by atoms with Crippen LogP contribution in [0.15, 0.2) is 63.5 Å². The van der Waals surface area contributed by atoms with Gasteiger partial charge >= 0.3 is 5.97 Å². The van der Waals surface area contributed by atoms with Crippen LogP contribution >= 0.6 is 31.9 Å². The molecule has 0 N–H and O–H groups in total. The topological polar surface area (TPSA) is 35.5 Å². The van der Waals surface area contributed by atoms with Crippen LogP contribution in [-0.2, 0) is 11.2 Å². The summed E-state index contributed by atoms with van der Waals surface area (Å²) in [6.45, 7) is 1.92. The summed E-state index contributed by atoms with van der Waals surface area (Å²) in [7, 11) is 0. The van der Waals surface area contributed by atoms with E-state index in [9.17, 15) is 4.79 Å². The number of carbonyl (C=O) groups is 1. The van der Waals surface area contributed by atoms with Gasteiger partial charge in [-0.2, -0.15) is 0 Å². The van der Waals surface area contributed by atoms with Crippen LogP contribution in [0.5, 0.6) is 11.5 Å². The predicted octanol–water partition coefficient (Wildman–Crippen LogP) is 5.91. The fourth-order valence-electron chi connectivity index (χ4n) is 2.44. The average Bonchev–Trinajstić information content (AvgIpc) is 2.61. The van der Waals surface area contributed by atoms with Crippen LogP contribution in [0.2, 0.25) is 0 Å². The number of hydrogen-bond donors (Lipinski definition) is 0. The third kappa shape index (κ3) is 4.41. The summed E-state index contributed by atoms with van der Waals surface area (Å²) in [5, 5.41) is 2.09. The van der Waals surface area contributed by atoms with Crippen molar-refractivity contribution in [2.24, 2.45) is 0 Å². The van der Waals surface area contributed by atoms with E-state index in [1.54, 1.807) is 12.1 Å².